The number of halogens is 3. The SMILES string of the molecule is CN(C)C[CH-]c1ccccc1.CN(C)C[CH-]c1ccccc1.CN(C)C[CH-]c1ccccc1.[Cl-].[Cl-].[Cl-].[Ti+2].[Ti+2].[Ti+2].c1ccc2[cH-]ccc2c1.c1ccc2[cH-]ccc2c1.c1ccc2[cH-]ccc2c1. The van der Waals surface area contributed by atoms with Crippen LogP contribution in [-0.4, -0.2) is 76.6 Å². The molecule has 0 unspecified atom stereocenters. The number of fused-ring (bicyclic) bond motifs is 3. The molecule has 342 valence electrons. The van der Waals surface area contributed by atoms with E-state index in [9.17, 15) is 0 Å². The van der Waals surface area contributed by atoms with E-state index in [0.717, 1.165) is 19.6 Å². The summed E-state index contributed by atoms with van der Waals surface area (Å²) >= 11 is 0. The molecule has 0 aliphatic rings. The van der Waals surface area contributed by atoms with Crippen LogP contribution in [-0.2, 0) is 65.2 Å². The first-order chi connectivity index (χ1) is 29.3. The predicted molar refractivity (Wildman–Crippen MR) is 264 cm³/mol. The van der Waals surface area contributed by atoms with Crippen molar-refractivity contribution in [1.82, 2.24) is 14.7 Å². The van der Waals surface area contributed by atoms with Crippen molar-refractivity contribution in [3.63, 3.8) is 0 Å². The molecular weight excluding hydrogens is 977 g/mol. The van der Waals surface area contributed by atoms with Crippen molar-refractivity contribution < 1.29 is 102 Å². The summed E-state index contributed by atoms with van der Waals surface area (Å²) in [4.78, 5) is 6.44. The zero-order valence-corrected chi connectivity index (χ0v) is 46.1. The molecule has 3 nitrogen and oxygen atoms in total. The molecule has 0 atom stereocenters. The molecule has 0 saturated heterocycles. The average Bonchev–Trinajstić information content (AvgIpc) is 4.08. The van der Waals surface area contributed by atoms with Crippen LogP contribution in [0.4, 0.5) is 0 Å². The van der Waals surface area contributed by atoms with Gasteiger partial charge in [0.2, 0.25) is 0 Å². The Balaban J connectivity index is -0.000000710. The topological polar surface area (TPSA) is 9.72 Å². The summed E-state index contributed by atoms with van der Waals surface area (Å²) < 4.78 is 0. The van der Waals surface area contributed by atoms with E-state index >= 15 is 0 Å². The maximum Gasteiger partial charge on any atom is 2.00 e. The van der Waals surface area contributed by atoms with Crippen LogP contribution in [0.15, 0.2) is 218 Å². The molecule has 0 amide bonds. The van der Waals surface area contributed by atoms with Crippen LogP contribution >= 0.6 is 0 Å². The fraction of sp³-hybridized carbons (Fsp3) is 0.158. The molecule has 0 aromatic heterocycles. The summed E-state index contributed by atoms with van der Waals surface area (Å²) in [5.74, 6) is 0. The zero-order valence-electron chi connectivity index (χ0n) is 39.1. The van der Waals surface area contributed by atoms with E-state index in [1.807, 2.05) is 18.2 Å². The van der Waals surface area contributed by atoms with E-state index in [0.29, 0.717) is 0 Å². The number of rotatable bonds is 9. The van der Waals surface area contributed by atoms with Gasteiger partial charge >= 0.3 is 65.2 Å². The number of likely N-dealkylation sites (N-methyl/N-ethyl adjacent to an activating group) is 3. The average molecular weight is 1040 g/mol. The quantitative estimate of drug-likeness (QED) is 0.160. The minimum Gasteiger partial charge on any atom is -1.00 e. The number of nitrogens with zero attached hydrogens (tertiary/aromatic N) is 3. The smallest absolute Gasteiger partial charge is 1.00 e. The predicted octanol–water partition coefficient (Wildman–Crippen LogP) is 4.08. The van der Waals surface area contributed by atoms with Gasteiger partial charge < -0.3 is 51.9 Å². The Morgan fingerprint density at radius 1 is 0.303 bits per heavy atom. The fourth-order valence-corrected chi connectivity index (χ4v) is 5.84. The van der Waals surface area contributed by atoms with E-state index in [4.69, 9.17) is 0 Å². The minimum absolute atomic E-state index is 0. The molecular formula is C57H63Cl3N3Ti3-3. The second kappa shape index (κ2) is 40.7. The van der Waals surface area contributed by atoms with Crippen molar-refractivity contribution in [1.29, 1.82) is 0 Å². The fourth-order valence-electron chi connectivity index (χ4n) is 5.84. The van der Waals surface area contributed by atoms with Gasteiger partial charge in [0, 0.05) is 0 Å². The van der Waals surface area contributed by atoms with Crippen molar-refractivity contribution in [3.8, 4) is 0 Å². The van der Waals surface area contributed by atoms with Gasteiger partial charge in [0.25, 0.3) is 0 Å². The first kappa shape index (κ1) is 66.9. The summed E-state index contributed by atoms with van der Waals surface area (Å²) in [5, 5.41) is 7.99. The number of benzene rings is 6. The summed E-state index contributed by atoms with van der Waals surface area (Å²) in [7, 11) is 12.4. The van der Waals surface area contributed by atoms with Crippen LogP contribution in [0.25, 0.3) is 32.3 Å². The van der Waals surface area contributed by atoms with Crippen LogP contribution in [0.3, 0.4) is 0 Å². The van der Waals surface area contributed by atoms with E-state index in [1.165, 1.54) is 49.0 Å². The molecule has 0 heterocycles. The van der Waals surface area contributed by atoms with Crippen molar-refractivity contribution in [2.75, 3.05) is 61.9 Å². The molecule has 0 saturated carbocycles. The molecule has 66 heavy (non-hydrogen) atoms. The van der Waals surface area contributed by atoms with Gasteiger partial charge in [0.05, 0.1) is 0 Å². The molecule has 9 aromatic rings. The summed E-state index contributed by atoms with van der Waals surface area (Å²) in [6.07, 6.45) is 6.62. The summed E-state index contributed by atoms with van der Waals surface area (Å²) in [6, 6.07) is 75.1. The van der Waals surface area contributed by atoms with Gasteiger partial charge in [-0.3, -0.25) is 0 Å². The minimum atomic E-state index is 0. The maximum atomic E-state index is 2.21. The van der Waals surface area contributed by atoms with Gasteiger partial charge in [0.15, 0.2) is 0 Å². The van der Waals surface area contributed by atoms with E-state index < -0.39 is 0 Å². The molecule has 0 aliphatic carbocycles. The Morgan fingerprint density at radius 2 is 0.515 bits per heavy atom. The van der Waals surface area contributed by atoms with Crippen molar-refractivity contribution in [2.45, 2.75) is 0 Å². The van der Waals surface area contributed by atoms with Gasteiger partial charge in [-0.1, -0.05) is 36.4 Å². The molecule has 9 rings (SSSR count). The Hall–Kier alpha value is -3.35. The molecule has 0 aliphatic heterocycles. The maximum absolute atomic E-state index is 2.21. The Bertz CT molecular complexity index is 2040. The number of hydrogen-bond acceptors (Lipinski definition) is 3. The van der Waals surface area contributed by atoms with Crippen LogP contribution in [0, 0.1) is 19.3 Å². The molecule has 0 fully saturated rings. The van der Waals surface area contributed by atoms with Crippen molar-refractivity contribution in [2.24, 2.45) is 0 Å². The van der Waals surface area contributed by atoms with Gasteiger partial charge in [-0.15, -0.1) is 125 Å². The third-order valence-corrected chi connectivity index (χ3v) is 9.12. The first-order valence-corrected chi connectivity index (χ1v) is 20.7. The normalized spacial score (nSPS) is 9.23. The Morgan fingerprint density at radius 3 is 0.727 bits per heavy atom. The van der Waals surface area contributed by atoms with E-state index in [2.05, 4.69) is 276 Å². The Labute approximate surface area is 461 Å². The van der Waals surface area contributed by atoms with Crippen molar-refractivity contribution >= 4 is 32.3 Å². The third-order valence-electron chi connectivity index (χ3n) is 9.12. The summed E-state index contributed by atoms with van der Waals surface area (Å²) in [5.41, 5.74) is 3.88. The van der Waals surface area contributed by atoms with Gasteiger partial charge in [-0.25, -0.2) is 0 Å². The first-order valence-electron chi connectivity index (χ1n) is 20.7. The second-order valence-corrected chi connectivity index (χ2v) is 15.1. The molecule has 0 bridgehead atoms. The third kappa shape index (κ3) is 28.7. The van der Waals surface area contributed by atoms with E-state index in [-0.39, 0.29) is 102 Å². The molecule has 9 heteroatoms. The van der Waals surface area contributed by atoms with Crippen LogP contribution in [0.1, 0.15) is 16.7 Å². The van der Waals surface area contributed by atoms with Crippen LogP contribution < -0.4 is 37.2 Å². The largest absolute Gasteiger partial charge is 2.00 e. The molecule has 0 spiro atoms. The van der Waals surface area contributed by atoms with Crippen molar-refractivity contribution in [3.05, 3.63) is 254 Å². The van der Waals surface area contributed by atoms with Crippen LogP contribution in [0.2, 0.25) is 0 Å². The number of hydrogen-bond donors (Lipinski definition) is 0. The molecule has 9 aromatic carbocycles. The zero-order chi connectivity index (χ0) is 42.6. The Kier molecular flexibility index (Phi) is 41.3. The second-order valence-electron chi connectivity index (χ2n) is 15.1. The van der Waals surface area contributed by atoms with Gasteiger partial charge in [0.1, 0.15) is 0 Å². The van der Waals surface area contributed by atoms with Gasteiger partial charge in [-0.05, 0) is 61.9 Å². The summed E-state index contributed by atoms with van der Waals surface area (Å²) in [6.45, 7) is 3.01. The van der Waals surface area contributed by atoms with E-state index in [1.54, 1.807) is 0 Å². The van der Waals surface area contributed by atoms with Gasteiger partial charge in [-0.2, -0.15) is 125 Å². The molecule has 0 N–H and O–H groups in total. The molecule has 0 radical (unpaired) electrons. The standard InChI is InChI=1S/3C10H14N.3C9H7.3ClH.3Ti/c3*1-11(2)9-8-10-6-4-3-5-7-10;3*1-2-5-9-7-3-6-8(9)4-1;;;;;;/h3*3-8H,9H2,1-2H3;3*1-7H;3*1H;;;/q6*-1;;;;3*+2/p-3. The van der Waals surface area contributed by atoms with Crippen LogP contribution in [0.5, 0.6) is 0 Å². The monoisotopic (exact) mass is 1040 g/mol.